The number of carbonyl (C=O) groups is 6. The summed E-state index contributed by atoms with van der Waals surface area (Å²) >= 11 is 0. The first kappa shape index (κ1) is 47.8. The van der Waals surface area contributed by atoms with E-state index in [1.54, 1.807) is 0 Å². The van der Waals surface area contributed by atoms with E-state index < -0.39 is 131 Å². The van der Waals surface area contributed by atoms with Gasteiger partial charge in [-0.05, 0) is 63.4 Å². The number of ether oxygens (including phenoxy) is 6. The van der Waals surface area contributed by atoms with Crippen LogP contribution in [-0.2, 0) is 47.6 Å². The van der Waals surface area contributed by atoms with Gasteiger partial charge in [0.05, 0.1) is 29.6 Å². The Morgan fingerprint density at radius 2 is 1.69 bits per heavy atom. The van der Waals surface area contributed by atoms with E-state index in [1.165, 1.54) is 72.0 Å². The van der Waals surface area contributed by atoms with Gasteiger partial charge >= 0.3 is 36.1 Å². The lowest BCUT2D eigenvalue weighted by Crippen LogP contribution is -2.82. The Labute approximate surface area is 352 Å². The summed E-state index contributed by atoms with van der Waals surface area (Å²) in [5.74, 6) is -7.99. The second kappa shape index (κ2) is 16.4. The SMILES string of the molecule is CC(=O)O[C@H]1C(=O)[C@@]2(C)[C@H]([C@H](OC(=O)c3cccc(N=[N+]=[N-])c3)[C@]3(O)C[C@H](OC(=O)[C@H](O)[C@@H](NC(=O)OC(C)(C)C)C(F)(F)F)C(C)=C1C3(C)C)[C@]1(OC(C)=O)CO[C@@H]1C[C@@H]2O. The van der Waals surface area contributed by atoms with Crippen molar-refractivity contribution in [1.82, 2.24) is 5.32 Å². The normalized spacial score (nSPS) is 32.3. The highest BCUT2D eigenvalue weighted by Crippen LogP contribution is 2.64. The number of hydrogen-bond donors (Lipinski definition) is 4. The third kappa shape index (κ3) is 8.33. The molecule has 3 aliphatic carbocycles. The molecule has 2 saturated carbocycles. The van der Waals surface area contributed by atoms with E-state index >= 15 is 4.79 Å². The van der Waals surface area contributed by atoms with E-state index in [9.17, 15) is 52.5 Å². The average Bonchev–Trinajstić information content (AvgIpc) is 3.13. The third-order valence-electron chi connectivity index (χ3n) is 12.3. The number of ketones is 1. The van der Waals surface area contributed by atoms with Crippen molar-refractivity contribution >= 4 is 41.4 Å². The lowest BCUT2D eigenvalue weighted by molar-refractivity contribution is -0.346. The number of carbonyl (C=O) groups excluding carboxylic acids is 6. The zero-order chi connectivity index (χ0) is 46.7. The van der Waals surface area contributed by atoms with E-state index in [2.05, 4.69) is 10.0 Å². The highest BCUT2D eigenvalue weighted by atomic mass is 19.4. The molecule has 11 atom stereocenters. The standard InChI is InChI=1S/C40H49F3N4O15/c1-17-22(59-33(54)26(51)29(40(41,42)43)45-34(55)62-35(4,5)6)15-39(56)31(60-32(53)20-11-10-12-21(13-20)46-47-44)28-37(9,23(50)14-24-38(28,16-57-24)61-19(3)49)30(52)27(58-18(2)48)25(17)36(39,7)8/h10-13,22-24,26-29,31,50-51,56H,14-16H2,1-9H3,(H,45,55)/t22-,23-,24+,26+,27+,28-,29+,31-,37+,38-,39+/m0/s1. The van der Waals surface area contributed by atoms with Crippen molar-refractivity contribution in [2.24, 2.45) is 21.9 Å². The van der Waals surface area contributed by atoms with Crippen LogP contribution in [-0.4, -0.2) is 123 Å². The Morgan fingerprint density at radius 1 is 1.05 bits per heavy atom. The Balaban J connectivity index is 1.75. The molecular formula is C40H49F3N4O15. The quantitative estimate of drug-likeness (QED) is 0.0682. The van der Waals surface area contributed by atoms with Crippen molar-refractivity contribution in [1.29, 1.82) is 0 Å². The summed E-state index contributed by atoms with van der Waals surface area (Å²) in [7, 11) is 0. The van der Waals surface area contributed by atoms with Crippen molar-refractivity contribution in [3.8, 4) is 0 Å². The van der Waals surface area contributed by atoms with Crippen LogP contribution in [0.15, 0.2) is 40.5 Å². The second-order valence-electron chi connectivity index (χ2n) is 17.7. The molecule has 0 radical (unpaired) electrons. The molecule has 0 spiro atoms. The van der Waals surface area contributed by atoms with Crippen LogP contribution in [0, 0.1) is 16.7 Å². The number of esters is 4. The monoisotopic (exact) mass is 882 g/mol. The van der Waals surface area contributed by atoms with Gasteiger partial charge in [0.25, 0.3) is 0 Å². The van der Waals surface area contributed by atoms with Gasteiger partial charge in [0.15, 0.2) is 29.6 Å². The Hall–Kier alpha value is -5.28. The number of hydrogen-bond acceptors (Lipinski definition) is 16. The number of azide groups is 1. The van der Waals surface area contributed by atoms with Gasteiger partial charge in [0.2, 0.25) is 0 Å². The molecule has 3 fully saturated rings. The molecule has 1 aromatic rings. The molecule has 1 saturated heterocycles. The fraction of sp³-hybridized carbons (Fsp3) is 0.650. The number of halogens is 3. The molecule has 1 heterocycles. The van der Waals surface area contributed by atoms with Crippen LogP contribution in [0.3, 0.4) is 0 Å². The van der Waals surface area contributed by atoms with Crippen molar-refractivity contribution in [2.75, 3.05) is 6.61 Å². The van der Waals surface area contributed by atoms with Crippen LogP contribution in [0.1, 0.15) is 85.5 Å². The maximum atomic E-state index is 15.4. The summed E-state index contributed by atoms with van der Waals surface area (Å²) in [6, 6.07) is 1.80. The molecule has 5 rings (SSSR count). The highest BCUT2D eigenvalue weighted by molar-refractivity contribution is 5.95. The van der Waals surface area contributed by atoms with E-state index in [1.807, 2.05) is 0 Å². The van der Waals surface area contributed by atoms with Gasteiger partial charge in [-0.2, -0.15) is 13.2 Å². The topological polar surface area (TPSA) is 279 Å². The Bertz CT molecular complexity index is 2120. The first-order valence-electron chi connectivity index (χ1n) is 19.4. The fourth-order valence-electron chi connectivity index (χ4n) is 9.31. The van der Waals surface area contributed by atoms with Gasteiger partial charge in [-0.25, -0.2) is 14.4 Å². The van der Waals surface area contributed by atoms with Crippen LogP contribution < -0.4 is 5.32 Å². The lowest BCUT2D eigenvalue weighted by Gasteiger charge is -2.67. The second-order valence-corrected chi connectivity index (χ2v) is 17.7. The van der Waals surface area contributed by atoms with Crippen molar-refractivity contribution in [3.63, 3.8) is 0 Å². The summed E-state index contributed by atoms with van der Waals surface area (Å²) in [5.41, 5.74) is -1.78. The molecule has 22 heteroatoms. The van der Waals surface area contributed by atoms with Crippen LogP contribution in [0.25, 0.3) is 10.4 Å². The molecule has 1 amide bonds. The number of rotatable bonds is 9. The zero-order valence-corrected chi connectivity index (χ0v) is 35.3. The minimum absolute atomic E-state index is 0.0396. The zero-order valence-electron chi connectivity index (χ0n) is 35.3. The van der Waals surface area contributed by atoms with Crippen LogP contribution in [0.2, 0.25) is 0 Å². The number of fused-ring (bicyclic) bond motifs is 5. The molecule has 1 aliphatic heterocycles. The highest BCUT2D eigenvalue weighted by Gasteiger charge is 2.78. The lowest BCUT2D eigenvalue weighted by atomic mass is 9.44. The van der Waals surface area contributed by atoms with Crippen LogP contribution in [0.4, 0.5) is 23.7 Å². The van der Waals surface area contributed by atoms with Crippen molar-refractivity contribution in [2.45, 2.75) is 141 Å². The summed E-state index contributed by atoms with van der Waals surface area (Å²) < 4.78 is 77.0. The number of nitrogens with zero attached hydrogens (tertiary/aromatic N) is 3. The molecule has 4 N–H and O–H groups in total. The molecule has 0 aromatic heterocycles. The van der Waals surface area contributed by atoms with E-state index in [-0.39, 0.29) is 28.8 Å². The first-order chi connectivity index (χ1) is 28.5. The molecular weight excluding hydrogens is 833 g/mol. The molecule has 19 nitrogen and oxygen atoms in total. The number of nitrogens with one attached hydrogen (secondary N) is 1. The number of alkyl carbamates (subject to hydrolysis) is 1. The minimum atomic E-state index is -5.47. The van der Waals surface area contributed by atoms with Gasteiger partial charge in [-0.15, -0.1) is 0 Å². The summed E-state index contributed by atoms with van der Waals surface area (Å²) in [6.45, 7) is 10.8. The first-order valence-corrected chi connectivity index (χ1v) is 19.4. The van der Waals surface area contributed by atoms with Crippen molar-refractivity contribution < 1.29 is 85.7 Å². The smallest absolute Gasteiger partial charge is 0.411 e. The van der Waals surface area contributed by atoms with Gasteiger partial charge in [0, 0.05) is 42.7 Å². The number of Topliss-reactive ketones (excluding diaryl/α,β-unsaturated/α-hetero) is 1. The van der Waals surface area contributed by atoms with E-state index in [0.29, 0.717) is 0 Å². The molecule has 62 heavy (non-hydrogen) atoms. The molecule has 1 aromatic carbocycles. The fourth-order valence-corrected chi connectivity index (χ4v) is 9.31. The number of aliphatic hydroxyl groups excluding tert-OH is 2. The minimum Gasteiger partial charge on any atom is -0.456 e. The molecule has 0 unspecified atom stereocenters. The van der Waals surface area contributed by atoms with E-state index in [0.717, 1.165) is 19.9 Å². The van der Waals surface area contributed by atoms with Gasteiger partial charge in [-0.3, -0.25) is 14.4 Å². The third-order valence-corrected chi connectivity index (χ3v) is 12.3. The average molecular weight is 883 g/mol. The number of benzene rings is 1. The largest absolute Gasteiger partial charge is 0.456 e. The van der Waals surface area contributed by atoms with E-state index in [4.69, 9.17) is 34.0 Å². The number of aliphatic hydroxyl groups is 3. The predicted molar refractivity (Wildman–Crippen MR) is 203 cm³/mol. The number of amides is 1. The van der Waals surface area contributed by atoms with Crippen LogP contribution in [0.5, 0.6) is 0 Å². The van der Waals surface area contributed by atoms with Crippen LogP contribution >= 0.6 is 0 Å². The molecule has 340 valence electrons. The van der Waals surface area contributed by atoms with Crippen molar-refractivity contribution in [3.05, 3.63) is 51.4 Å². The summed E-state index contributed by atoms with van der Waals surface area (Å²) in [4.78, 5) is 84.2. The predicted octanol–water partition coefficient (Wildman–Crippen LogP) is 3.96. The van der Waals surface area contributed by atoms with Gasteiger partial charge < -0.3 is 49.1 Å². The maximum Gasteiger partial charge on any atom is 0.411 e. The van der Waals surface area contributed by atoms with Gasteiger partial charge in [0.1, 0.15) is 29.5 Å². The maximum absolute atomic E-state index is 15.4. The van der Waals surface area contributed by atoms with Gasteiger partial charge in [-0.1, -0.05) is 31.1 Å². The summed E-state index contributed by atoms with van der Waals surface area (Å²) in [5, 5.41) is 41.2. The molecule has 2 bridgehead atoms. The summed E-state index contributed by atoms with van der Waals surface area (Å²) in [6.07, 6.45) is -20.5. The number of alkyl halides is 3. The Kier molecular flexibility index (Phi) is 12.7. The Morgan fingerprint density at radius 3 is 2.23 bits per heavy atom. The molecule has 4 aliphatic rings.